The van der Waals surface area contributed by atoms with Crippen LogP contribution < -0.4 is 5.32 Å². The lowest BCUT2D eigenvalue weighted by Crippen LogP contribution is -2.25. The van der Waals surface area contributed by atoms with E-state index in [1.54, 1.807) is 0 Å². The highest BCUT2D eigenvalue weighted by atomic mass is 16.6. The van der Waals surface area contributed by atoms with E-state index in [9.17, 15) is 4.79 Å². The SMILES string of the molecule is Cc1cccc(NCCC(=O)OC(C)(C)C)c1. The van der Waals surface area contributed by atoms with Gasteiger partial charge in [0.25, 0.3) is 0 Å². The number of carbonyl (C=O) groups is 1. The lowest BCUT2D eigenvalue weighted by Gasteiger charge is -2.19. The zero-order chi connectivity index (χ0) is 12.9. The Kier molecular flexibility index (Phi) is 4.55. The average Bonchev–Trinajstić information content (AvgIpc) is 2.14. The monoisotopic (exact) mass is 235 g/mol. The molecule has 17 heavy (non-hydrogen) atoms. The van der Waals surface area contributed by atoms with Crippen LogP contribution >= 0.6 is 0 Å². The minimum absolute atomic E-state index is 0.169. The van der Waals surface area contributed by atoms with Crippen LogP contribution in [0.15, 0.2) is 24.3 Å². The molecule has 0 amide bonds. The van der Waals surface area contributed by atoms with E-state index in [1.165, 1.54) is 5.56 Å². The second kappa shape index (κ2) is 5.71. The third kappa shape index (κ3) is 5.95. The highest BCUT2D eigenvalue weighted by molar-refractivity contribution is 5.70. The van der Waals surface area contributed by atoms with Gasteiger partial charge in [-0.2, -0.15) is 0 Å². The van der Waals surface area contributed by atoms with Gasteiger partial charge in [0.1, 0.15) is 5.60 Å². The maximum atomic E-state index is 11.5. The van der Waals surface area contributed by atoms with E-state index in [4.69, 9.17) is 4.74 Å². The third-order valence-electron chi connectivity index (χ3n) is 2.10. The zero-order valence-corrected chi connectivity index (χ0v) is 11.0. The van der Waals surface area contributed by atoms with Crippen molar-refractivity contribution in [1.82, 2.24) is 0 Å². The Hall–Kier alpha value is -1.51. The fraction of sp³-hybridized carbons (Fsp3) is 0.500. The predicted molar refractivity (Wildman–Crippen MR) is 70.1 cm³/mol. The molecule has 0 saturated heterocycles. The lowest BCUT2D eigenvalue weighted by atomic mass is 10.2. The standard InChI is InChI=1S/C14H21NO2/c1-11-6-5-7-12(10-11)15-9-8-13(16)17-14(2,3)4/h5-7,10,15H,8-9H2,1-4H3. The van der Waals surface area contributed by atoms with Crippen LogP contribution in [-0.4, -0.2) is 18.1 Å². The van der Waals surface area contributed by atoms with E-state index in [0.29, 0.717) is 13.0 Å². The van der Waals surface area contributed by atoms with Crippen LogP contribution in [0.1, 0.15) is 32.8 Å². The molecule has 0 radical (unpaired) electrons. The molecule has 94 valence electrons. The summed E-state index contributed by atoms with van der Waals surface area (Å²) in [7, 11) is 0. The molecule has 0 aliphatic carbocycles. The molecule has 0 saturated carbocycles. The molecule has 0 bridgehead atoms. The van der Waals surface area contributed by atoms with Gasteiger partial charge in [-0.25, -0.2) is 0 Å². The van der Waals surface area contributed by atoms with Crippen LogP contribution in [0.5, 0.6) is 0 Å². The summed E-state index contributed by atoms with van der Waals surface area (Å²) in [4.78, 5) is 11.5. The smallest absolute Gasteiger partial charge is 0.308 e. The molecule has 0 heterocycles. The lowest BCUT2D eigenvalue weighted by molar-refractivity contribution is -0.154. The predicted octanol–water partition coefficient (Wildman–Crippen LogP) is 3.14. The number of rotatable bonds is 4. The van der Waals surface area contributed by atoms with Gasteiger partial charge in [-0.05, 0) is 45.4 Å². The van der Waals surface area contributed by atoms with Crippen molar-refractivity contribution in [2.45, 2.75) is 39.7 Å². The molecule has 1 rings (SSSR count). The maximum Gasteiger partial charge on any atom is 0.308 e. The number of benzene rings is 1. The van der Waals surface area contributed by atoms with Gasteiger partial charge < -0.3 is 10.1 Å². The van der Waals surface area contributed by atoms with Gasteiger partial charge in [0.15, 0.2) is 0 Å². The molecule has 1 N–H and O–H groups in total. The molecule has 0 spiro atoms. The van der Waals surface area contributed by atoms with Crippen molar-refractivity contribution in [3.63, 3.8) is 0 Å². The molecule has 0 aliphatic heterocycles. The number of hydrogen-bond donors (Lipinski definition) is 1. The second-order valence-corrected chi connectivity index (χ2v) is 5.13. The van der Waals surface area contributed by atoms with E-state index in [-0.39, 0.29) is 5.97 Å². The molecular weight excluding hydrogens is 214 g/mol. The maximum absolute atomic E-state index is 11.5. The van der Waals surface area contributed by atoms with E-state index >= 15 is 0 Å². The van der Waals surface area contributed by atoms with Crippen molar-refractivity contribution in [3.05, 3.63) is 29.8 Å². The average molecular weight is 235 g/mol. The first-order valence-electron chi connectivity index (χ1n) is 5.89. The van der Waals surface area contributed by atoms with Crippen LogP contribution in [0.2, 0.25) is 0 Å². The molecular formula is C14H21NO2. The topological polar surface area (TPSA) is 38.3 Å². The van der Waals surface area contributed by atoms with Gasteiger partial charge in [-0.15, -0.1) is 0 Å². The van der Waals surface area contributed by atoms with E-state index in [1.807, 2.05) is 45.9 Å². The highest BCUT2D eigenvalue weighted by Gasteiger charge is 2.15. The minimum atomic E-state index is -0.402. The van der Waals surface area contributed by atoms with Crippen molar-refractivity contribution >= 4 is 11.7 Å². The molecule has 3 nitrogen and oxygen atoms in total. The molecule has 3 heteroatoms. The molecule has 0 aliphatic rings. The first-order valence-corrected chi connectivity index (χ1v) is 5.89. The number of ether oxygens (including phenoxy) is 1. The highest BCUT2D eigenvalue weighted by Crippen LogP contribution is 2.11. The van der Waals surface area contributed by atoms with E-state index in [0.717, 1.165) is 5.69 Å². The third-order valence-corrected chi connectivity index (χ3v) is 2.10. The summed E-state index contributed by atoms with van der Waals surface area (Å²) in [5, 5.41) is 3.20. The van der Waals surface area contributed by atoms with Crippen LogP contribution in [-0.2, 0) is 9.53 Å². The molecule has 0 aromatic heterocycles. The fourth-order valence-corrected chi connectivity index (χ4v) is 1.46. The van der Waals surface area contributed by atoms with Gasteiger partial charge in [0.05, 0.1) is 6.42 Å². The largest absolute Gasteiger partial charge is 0.460 e. The summed E-state index contributed by atoms with van der Waals surface area (Å²) in [6.45, 7) is 8.26. The van der Waals surface area contributed by atoms with Gasteiger partial charge in [0, 0.05) is 12.2 Å². The molecule has 0 atom stereocenters. The van der Waals surface area contributed by atoms with E-state index < -0.39 is 5.60 Å². The molecule has 1 aromatic rings. The Morgan fingerprint density at radius 3 is 2.65 bits per heavy atom. The Balaban J connectivity index is 2.31. The zero-order valence-electron chi connectivity index (χ0n) is 11.0. The summed E-state index contributed by atoms with van der Waals surface area (Å²) < 4.78 is 5.22. The molecule has 0 unspecified atom stereocenters. The van der Waals surface area contributed by atoms with Crippen molar-refractivity contribution in [2.75, 3.05) is 11.9 Å². The van der Waals surface area contributed by atoms with Crippen LogP contribution in [0.25, 0.3) is 0 Å². The first-order chi connectivity index (χ1) is 7.87. The van der Waals surface area contributed by atoms with Gasteiger partial charge in [-0.1, -0.05) is 12.1 Å². The number of carbonyl (C=O) groups excluding carboxylic acids is 1. The van der Waals surface area contributed by atoms with Gasteiger partial charge in [0.2, 0.25) is 0 Å². The summed E-state index contributed by atoms with van der Waals surface area (Å²) >= 11 is 0. The summed E-state index contributed by atoms with van der Waals surface area (Å²) in [5.41, 5.74) is 1.83. The normalized spacial score (nSPS) is 11.1. The van der Waals surface area contributed by atoms with E-state index in [2.05, 4.69) is 11.4 Å². The van der Waals surface area contributed by atoms with Crippen LogP contribution in [0.4, 0.5) is 5.69 Å². The number of esters is 1. The Morgan fingerprint density at radius 2 is 2.06 bits per heavy atom. The van der Waals surface area contributed by atoms with Crippen molar-refractivity contribution < 1.29 is 9.53 Å². The Labute approximate surface area is 103 Å². The van der Waals surface area contributed by atoms with Crippen molar-refractivity contribution in [2.24, 2.45) is 0 Å². The number of hydrogen-bond acceptors (Lipinski definition) is 3. The number of anilines is 1. The molecule has 1 aromatic carbocycles. The Bertz CT molecular complexity index is 380. The summed E-state index contributed by atoms with van der Waals surface area (Å²) in [6, 6.07) is 8.07. The Morgan fingerprint density at radius 1 is 1.35 bits per heavy atom. The van der Waals surface area contributed by atoms with Crippen LogP contribution in [0.3, 0.4) is 0 Å². The number of aryl methyl sites for hydroxylation is 1. The summed E-state index contributed by atoms with van der Waals surface area (Å²) in [6.07, 6.45) is 0.380. The minimum Gasteiger partial charge on any atom is -0.460 e. The number of nitrogens with one attached hydrogen (secondary N) is 1. The van der Waals surface area contributed by atoms with Gasteiger partial charge in [-0.3, -0.25) is 4.79 Å². The second-order valence-electron chi connectivity index (χ2n) is 5.13. The first kappa shape index (κ1) is 13.6. The van der Waals surface area contributed by atoms with Crippen molar-refractivity contribution in [3.8, 4) is 0 Å². The van der Waals surface area contributed by atoms with Gasteiger partial charge >= 0.3 is 5.97 Å². The molecule has 0 fully saturated rings. The fourth-order valence-electron chi connectivity index (χ4n) is 1.46. The summed E-state index contributed by atoms with van der Waals surface area (Å²) in [5.74, 6) is -0.169. The van der Waals surface area contributed by atoms with Crippen molar-refractivity contribution in [1.29, 1.82) is 0 Å². The van der Waals surface area contributed by atoms with Crippen LogP contribution in [0, 0.1) is 6.92 Å². The quantitative estimate of drug-likeness (QED) is 0.815.